The maximum atomic E-state index is 11.9. The van der Waals surface area contributed by atoms with Crippen molar-refractivity contribution in [2.45, 2.75) is 6.92 Å². The minimum absolute atomic E-state index is 0. The van der Waals surface area contributed by atoms with Crippen molar-refractivity contribution in [3.8, 4) is 28.8 Å². The Morgan fingerprint density at radius 3 is 2.62 bits per heavy atom. The van der Waals surface area contributed by atoms with Crippen LogP contribution < -0.4 is 10.3 Å². The summed E-state index contributed by atoms with van der Waals surface area (Å²) in [6.45, 7) is 2.16. The van der Waals surface area contributed by atoms with Crippen molar-refractivity contribution in [1.82, 2.24) is 4.57 Å². The van der Waals surface area contributed by atoms with Crippen molar-refractivity contribution in [3.63, 3.8) is 0 Å². The predicted octanol–water partition coefficient (Wildman–Crippen LogP) is 2.86. The van der Waals surface area contributed by atoms with Crippen molar-refractivity contribution < 1.29 is 37.4 Å². The van der Waals surface area contributed by atoms with Crippen LogP contribution in [-0.4, -0.2) is 11.2 Å². The monoisotopic (exact) mass is 467 g/mol. The van der Waals surface area contributed by atoms with E-state index < -0.39 is 0 Å². The first-order chi connectivity index (χ1) is 9.63. The number of aromatic nitrogens is 1. The van der Waals surface area contributed by atoms with E-state index in [-0.39, 0.29) is 38.3 Å². The van der Waals surface area contributed by atoms with Crippen LogP contribution in [0.1, 0.15) is 6.92 Å². The Balaban J connectivity index is 0.00000220. The number of hydrogen-bond donors (Lipinski definition) is 0. The van der Waals surface area contributed by atoms with Gasteiger partial charge in [0.15, 0.2) is 0 Å². The molecule has 2 aromatic rings. The zero-order chi connectivity index (χ0) is 14.5. The molecule has 0 aliphatic heterocycles. The van der Waals surface area contributed by atoms with Gasteiger partial charge in [0.2, 0.25) is 5.56 Å². The summed E-state index contributed by atoms with van der Waals surface area (Å²) in [6, 6.07) is 12.4. The van der Waals surface area contributed by atoms with Gasteiger partial charge in [-0.15, -0.1) is 40.6 Å². The second kappa shape index (κ2) is 8.72. The van der Waals surface area contributed by atoms with Crippen molar-refractivity contribution in [1.29, 1.82) is 0 Å². The number of halogens is 1. The van der Waals surface area contributed by atoms with Crippen LogP contribution in [-0.2, 0) is 39.8 Å². The average molecular weight is 467 g/mol. The number of hydrogen-bond acceptors (Lipinski definition) is 2. The van der Waals surface area contributed by atoms with Gasteiger partial charge in [-0.25, -0.2) is 0 Å². The van der Waals surface area contributed by atoms with E-state index in [2.05, 4.69) is 17.9 Å². The van der Waals surface area contributed by atoms with Crippen LogP contribution in [0.4, 0.5) is 0 Å². The first kappa shape index (κ1) is 18.4. The number of rotatable bonds is 3. The molecule has 2 rings (SSSR count). The largest absolute Gasteiger partial charge is 0.481 e. The smallest absolute Gasteiger partial charge is 0.207 e. The topological polar surface area (TPSA) is 31.2 Å². The normalized spacial score (nSPS) is 9.29. The molecule has 0 aliphatic carbocycles. The van der Waals surface area contributed by atoms with Crippen molar-refractivity contribution >= 4 is 22.6 Å². The summed E-state index contributed by atoms with van der Waals surface area (Å²) in [4.78, 5) is 11.9. The molecule has 3 nitrogen and oxygen atoms in total. The molecule has 0 saturated heterocycles. The molecule has 21 heavy (non-hydrogen) atoms. The number of nitrogens with zero attached hydrogens (tertiary/aromatic N) is 1. The average Bonchev–Trinajstić information content (AvgIpc) is 2.46. The Morgan fingerprint density at radius 1 is 1.33 bits per heavy atom. The number of ether oxygens (including phenoxy) is 1. The van der Waals surface area contributed by atoms with Gasteiger partial charge in [0, 0.05) is 39.8 Å². The summed E-state index contributed by atoms with van der Waals surface area (Å²) in [5.74, 6) is 6.37. The zero-order valence-corrected chi connectivity index (χ0v) is 16.8. The fourth-order valence-electron chi connectivity index (χ4n) is 1.73. The molecule has 0 unspecified atom stereocenters. The third-order valence-electron chi connectivity index (χ3n) is 2.80. The third-order valence-corrected chi connectivity index (χ3v) is 3.57. The summed E-state index contributed by atoms with van der Waals surface area (Å²) >= 11 is 2.01. The van der Waals surface area contributed by atoms with Crippen molar-refractivity contribution in [3.05, 3.63) is 50.3 Å². The molecule has 0 aliphatic rings. The molecule has 0 saturated carbocycles. The van der Waals surface area contributed by atoms with Crippen LogP contribution in [0.15, 0.2) is 35.1 Å². The van der Waals surface area contributed by atoms with E-state index in [0.29, 0.717) is 10.2 Å². The summed E-state index contributed by atoms with van der Waals surface area (Å²) in [5, 5.41) is 0. The zero-order valence-electron chi connectivity index (χ0n) is 11.8. The molecular weight excluding hydrogens is 454 g/mol. The van der Waals surface area contributed by atoms with E-state index in [9.17, 15) is 4.79 Å². The molecule has 0 N–H and O–H groups in total. The number of benzene rings is 1. The Morgan fingerprint density at radius 2 is 2.00 bits per heavy atom. The van der Waals surface area contributed by atoms with Gasteiger partial charge in [0.25, 0.3) is 0 Å². The second-order valence-electron chi connectivity index (χ2n) is 4.09. The molecule has 0 spiro atoms. The van der Waals surface area contributed by atoms with E-state index >= 15 is 0 Å². The molecule has 1 aromatic carbocycles. The molecular formula is C16H13INO2Y-. The molecule has 0 amide bonds. The number of pyridine rings is 1. The van der Waals surface area contributed by atoms with Gasteiger partial charge >= 0.3 is 0 Å². The summed E-state index contributed by atoms with van der Waals surface area (Å²) in [5.41, 5.74) is 1.67. The molecule has 1 radical (unpaired) electrons. The standard InChI is InChI=1S/C16H13INO2.Y/c1-3-4-11-20-13-7-5-12(6-8-13)15-10-9-14(17)16(19)18(15)2;/h5-9H,11H2,1-2H3;/q-1;. The van der Waals surface area contributed by atoms with Gasteiger partial charge in [-0.2, -0.15) is 12.1 Å². The van der Waals surface area contributed by atoms with Gasteiger partial charge in [-0.1, -0.05) is 17.2 Å². The summed E-state index contributed by atoms with van der Waals surface area (Å²) in [7, 11) is 1.75. The fourth-order valence-corrected chi connectivity index (χ4v) is 2.25. The molecule has 105 valence electrons. The molecule has 1 aromatic heterocycles. The SMILES string of the molecule is CC#CCOc1ccc(-c2[c-]cc(I)c(=O)n2C)cc1.[Y]. The van der Waals surface area contributed by atoms with Gasteiger partial charge < -0.3 is 9.30 Å². The van der Waals surface area contributed by atoms with Crippen LogP contribution in [0.25, 0.3) is 11.3 Å². The van der Waals surface area contributed by atoms with Crippen LogP contribution in [0, 0.1) is 21.5 Å². The predicted molar refractivity (Wildman–Crippen MR) is 87.6 cm³/mol. The van der Waals surface area contributed by atoms with Gasteiger partial charge in [-0.3, -0.25) is 4.79 Å². The van der Waals surface area contributed by atoms with Crippen molar-refractivity contribution in [2.75, 3.05) is 6.61 Å². The van der Waals surface area contributed by atoms with Crippen LogP contribution >= 0.6 is 22.6 Å². The Kier molecular flexibility index (Phi) is 7.65. The van der Waals surface area contributed by atoms with Gasteiger partial charge in [0.1, 0.15) is 12.4 Å². The van der Waals surface area contributed by atoms with Crippen LogP contribution in [0.5, 0.6) is 5.75 Å². The minimum Gasteiger partial charge on any atom is -0.481 e. The van der Waals surface area contributed by atoms with Crippen molar-refractivity contribution in [2.24, 2.45) is 7.05 Å². The van der Waals surface area contributed by atoms with Crippen LogP contribution in [0.3, 0.4) is 0 Å². The van der Waals surface area contributed by atoms with E-state index in [1.54, 1.807) is 24.6 Å². The Labute approximate surface area is 163 Å². The minimum atomic E-state index is -0.0158. The maximum absolute atomic E-state index is 11.9. The Hall–Kier alpha value is -0.636. The third kappa shape index (κ3) is 4.67. The van der Waals surface area contributed by atoms with E-state index in [4.69, 9.17) is 4.74 Å². The van der Waals surface area contributed by atoms with E-state index in [1.807, 2.05) is 46.9 Å². The van der Waals surface area contributed by atoms with Gasteiger partial charge in [0.05, 0.1) is 0 Å². The molecule has 5 heteroatoms. The quantitative estimate of drug-likeness (QED) is 0.395. The molecule has 1 heterocycles. The second-order valence-corrected chi connectivity index (χ2v) is 5.25. The molecule has 0 fully saturated rings. The van der Waals surface area contributed by atoms with E-state index in [0.717, 1.165) is 17.0 Å². The molecule has 0 bridgehead atoms. The molecule has 0 atom stereocenters. The first-order valence-electron chi connectivity index (χ1n) is 6.03. The van der Waals surface area contributed by atoms with Crippen LogP contribution in [0.2, 0.25) is 0 Å². The first-order valence-corrected chi connectivity index (χ1v) is 7.11. The van der Waals surface area contributed by atoms with Gasteiger partial charge in [-0.05, 0) is 22.6 Å². The summed E-state index contributed by atoms with van der Waals surface area (Å²) in [6.07, 6.45) is 0. The summed E-state index contributed by atoms with van der Waals surface area (Å²) < 4.78 is 7.71. The Bertz CT molecular complexity index is 727. The van der Waals surface area contributed by atoms with E-state index in [1.165, 1.54) is 0 Å². The maximum Gasteiger partial charge on any atom is 0.207 e. The fraction of sp³-hybridized carbons (Fsp3) is 0.188.